The highest BCUT2D eigenvalue weighted by Gasteiger charge is 2.18. The summed E-state index contributed by atoms with van der Waals surface area (Å²) in [5, 5.41) is 4.42. The van der Waals surface area contributed by atoms with Crippen LogP contribution in [0.4, 0.5) is 43.4 Å². The molecule has 8 aromatic rings. The van der Waals surface area contributed by atoms with Gasteiger partial charge in [-0.2, -0.15) is 26.3 Å². The number of benzene rings is 6. The van der Waals surface area contributed by atoms with Crippen LogP contribution in [0.5, 0.6) is 0 Å². The minimum Gasteiger partial charge on any atom is -0.462 e. The van der Waals surface area contributed by atoms with E-state index >= 15 is 0 Å². The molecule has 8 rings (SSSR count). The highest BCUT2D eigenvalue weighted by atomic mass is 32.1. The zero-order valence-electron chi connectivity index (χ0n) is 27.5. The number of para-hydroxylation sites is 2. The van der Waals surface area contributed by atoms with Gasteiger partial charge in [0.15, 0.2) is 0 Å². The largest absolute Gasteiger partial charge is 0.462 e. The standard InChI is InChI=1S/C42H26F6N2O2S/c43-39(44)41(47)51-23-25-9-13-27(14-10-25)49(28-15-11-26(12-16-28)24-52-42(48)40(45)46)29-17-19-37-33(21-29)34-22-30(18-20-38(34)53-37)50-35-7-3-1-5-31(35)32-6-2-4-8-36(32)50/h1-22H,23-24H2. The van der Waals surface area contributed by atoms with Crippen LogP contribution < -0.4 is 4.90 Å². The summed E-state index contributed by atoms with van der Waals surface area (Å²) >= 11 is 1.68. The summed E-state index contributed by atoms with van der Waals surface area (Å²) in [7, 11) is 0. The van der Waals surface area contributed by atoms with Crippen LogP contribution in [0, 0.1) is 0 Å². The number of ether oxygens (including phenoxy) is 2. The van der Waals surface area contributed by atoms with Crippen LogP contribution in [0.2, 0.25) is 0 Å². The first kappa shape index (κ1) is 33.9. The Balaban J connectivity index is 1.22. The number of anilines is 3. The van der Waals surface area contributed by atoms with Crippen molar-refractivity contribution >= 4 is 70.4 Å². The van der Waals surface area contributed by atoms with Gasteiger partial charge in [-0.1, -0.05) is 60.7 Å². The van der Waals surface area contributed by atoms with Crippen LogP contribution in [-0.2, 0) is 22.7 Å². The molecule has 0 aliphatic carbocycles. The second-order valence-electron chi connectivity index (χ2n) is 12.1. The van der Waals surface area contributed by atoms with E-state index in [4.69, 9.17) is 0 Å². The van der Waals surface area contributed by atoms with E-state index in [-0.39, 0.29) is 0 Å². The Bertz CT molecular complexity index is 2570. The lowest BCUT2D eigenvalue weighted by Gasteiger charge is -2.26. The molecule has 0 fully saturated rings. The van der Waals surface area contributed by atoms with E-state index in [2.05, 4.69) is 62.6 Å². The van der Waals surface area contributed by atoms with Crippen molar-refractivity contribution in [2.24, 2.45) is 0 Å². The molecular formula is C42H26F6N2O2S. The lowest BCUT2D eigenvalue weighted by Crippen LogP contribution is -2.10. The van der Waals surface area contributed by atoms with Gasteiger partial charge in [0.2, 0.25) is 0 Å². The first-order valence-corrected chi connectivity index (χ1v) is 17.2. The van der Waals surface area contributed by atoms with E-state index in [1.54, 1.807) is 59.9 Å². The van der Waals surface area contributed by atoms with Crippen LogP contribution in [0.15, 0.2) is 158 Å². The molecule has 2 heterocycles. The molecule has 0 radical (unpaired) electrons. The summed E-state index contributed by atoms with van der Waals surface area (Å²) in [6.07, 6.45) is -5.07. The van der Waals surface area contributed by atoms with Gasteiger partial charge in [0.1, 0.15) is 13.2 Å². The highest BCUT2D eigenvalue weighted by Crippen LogP contribution is 2.42. The van der Waals surface area contributed by atoms with Crippen molar-refractivity contribution in [3.63, 3.8) is 0 Å². The van der Waals surface area contributed by atoms with Crippen LogP contribution in [-0.4, -0.2) is 4.57 Å². The topological polar surface area (TPSA) is 26.6 Å². The zero-order chi connectivity index (χ0) is 36.6. The maximum atomic E-state index is 13.3. The van der Waals surface area contributed by atoms with E-state index < -0.39 is 37.4 Å². The van der Waals surface area contributed by atoms with E-state index in [0.29, 0.717) is 22.5 Å². The highest BCUT2D eigenvalue weighted by molar-refractivity contribution is 7.25. The minimum absolute atomic E-state index is 0.399. The van der Waals surface area contributed by atoms with Crippen LogP contribution in [0.3, 0.4) is 0 Å². The fourth-order valence-electron chi connectivity index (χ4n) is 6.56. The molecule has 53 heavy (non-hydrogen) atoms. The Morgan fingerprint density at radius 1 is 0.491 bits per heavy atom. The van der Waals surface area contributed by atoms with Gasteiger partial charge in [-0.3, -0.25) is 0 Å². The predicted molar refractivity (Wildman–Crippen MR) is 199 cm³/mol. The third-order valence-corrected chi connectivity index (χ3v) is 10.1. The van der Waals surface area contributed by atoms with E-state index in [9.17, 15) is 26.3 Å². The molecule has 264 valence electrons. The molecule has 0 saturated carbocycles. The van der Waals surface area contributed by atoms with Crippen molar-refractivity contribution in [2.45, 2.75) is 13.2 Å². The Hall–Kier alpha value is -6.20. The van der Waals surface area contributed by atoms with Crippen LogP contribution >= 0.6 is 11.3 Å². The normalized spacial score (nSPS) is 11.4. The van der Waals surface area contributed by atoms with Gasteiger partial charge < -0.3 is 18.9 Å². The second-order valence-corrected chi connectivity index (χ2v) is 13.2. The molecule has 6 aromatic carbocycles. The predicted octanol–water partition coefficient (Wildman–Crippen LogP) is 13.7. The fourth-order valence-corrected chi connectivity index (χ4v) is 7.63. The number of hydrogen-bond acceptors (Lipinski definition) is 4. The third kappa shape index (κ3) is 6.55. The van der Waals surface area contributed by atoms with Gasteiger partial charge in [0.05, 0.1) is 11.0 Å². The Morgan fingerprint density at radius 2 is 0.943 bits per heavy atom. The summed E-state index contributed by atoms with van der Waals surface area (Å²) in [4.78, 5) is 1.96. The number of thiophene rings is 1. The SMILES string of the molecule is FC(F)=C(F)OCc1ccc(N(c2ccc(COC(F)=C(F)F)cc2)c2ccc3sc4ccc(-n5c6ccccc6c6ccccc65)cc4c3c2)cc1. The molecule has 0 bridgehead atoms. The van der Waals surface area contributed by atoms with Crippen molar-refractivity contribution in [3.05, 3.63) is 169 Å². The number of aromatic nitrogens is 1. The molecule has 0 atom stereocenters. The average molecular weight is 737 g/mol. The summed E-state index contributed by atoms with van der Waals surface area (Å²) < 4.78 is 90.4. The molecule has 0 unspecified atom stereocenters. The molecule has 2 aromatic heterocycles. The third-order valence-electron chi connectivity index (χ3n) is 8.95. The summed E-state index contributed by atoms with van der Waals surface area (Å²) in [5.41, 5.74) is 6.30. The maximum Gasteiger partial charge on any atom is 0.342 e. The average Bonchev–Trinajstić information content (AvgIpc) is 3.72. The molecule has 0 N–H and O–H groups in total. The van der Waals surface area contributed by atoms with Crippen molar-refractivity contribution in [3.8, 4) is 5.69 Å². The molecule has 4 nitrogen and oxygen atoms in total. The van der Waals surface area contributed by atoms with Gasteiger partial charge in [-0.05, 0) is 83.9 Å². The molecule has 11 heteroatoms. The molecule has 0 aliphatic heterocycles. The maximum absolute atomic E-state index is 13.3. The summed E-state index contributed by atoms with van der Waals surface area (Å²) in [5.74, 6) is 0. The number of nitrogens with zero attached hydrogens (tertiary/aromatic N) is 2. The van der Waals surface area contributed by atoms with Gasteiger partial charge in [-0.15, -0.1) is 11.3 Å². The van der Waals surface area contributed by atoms with Gasteiger partial charge >= 0.3 is 24.2 Å². The smallest absolute Gasteiger partial charge is 0.342 e. The van der Waals surface area contributed by atoms with Crippen molar-refractivity contribution in [1.29, 1.82) is 0 Å². The number of hydrogen-bond donors (Lipinski definition) is 0. The molecule has 0 saturated heterocycles. The number of rotatable bonds is 10. The van der Waals surface area contributed by atoms with Gasteiger partial charge in [0, 0.05) is 53.7 Å². The molecule has 0 amide bonds. The quantitative estimate of drug-likeness (QED) is 0.103. The Kier molecular flexibility index (Phi) is 9.01. The number of halogens is 6. The van der Waals surface area contributed by atoms with Crippen molar-refractivity contribution < 1.29 is 35.8 Å². The lowest BCUT2D eigenvalue weighted by molar-refractivity contribution is 0.108. The lowest BCUT2D eigenvalue weighted by atomic mass is 10.1. The molecule has 0 spiro atoms. The monoisotopic (exact) mass is 736 g/mol. The first-order chi connectivity index (χ1) is 25.7. The summed E-state index contributed by atoms with van der Waals surface area (Å²) in [6, 6.07) is 39.0. The Labute approximate surface area is 302 Å². The number of fused-ring (bicyclic) bond motifs is 6. The van der Waals surface area contributed by atoms with Crippen molar-refractivity contribution in [2.75, 3.05) is 4.90 Å². The first-order valence-electron chi connectivity index (χ1n) is 16.3. The molecular weight excluding hydrogens is 711 g/mol. The second kappa shape index (κ2) is 14.1. The zero-order valence-corrected chi connectivity index (χ0v) is 28.3. The van der Waals surface area contributed by atoms with E-state index in [1.807, 2.05) is 41.3 Å². The van der Waals surface area contributed by atoms with Gasteiger partial charge in [0.25, 0.3) is 0 Å². The minimum atomic E-state index is -2.53. The fraction of sp³-hybridized carbons (Fsp3) is 0.0476. The van der Waals surface area contributed by atoms with Gasteiger partial charge in [-0.25, -0.2) is 0 Å². The van der Waals surface area contributed by atoms with Crippen molar-refractivity contribution in [1.82, 2.24) is 4.57 Å². The Morgan fingerprint density at radius 3 is 1.45 bits per heavy atom. The van der Waals surface area contributed by atoms with E-state index in [1.165, 1.54) is 10.8 Å². The summed E-state index contributed by atoms with van der Waals surface area (Å²) in [6.45, 7) is -0.798. The van der Waals surface area contributed by atoms with E-state index in [0.717, 1.165) is 42.6 Å². The molecule has 0 aliphatic rings. The van der Waals surface area contributed by atoms with Crippen LogP contribution in [0.25, 0.3) is 47.7 Å². The van der Waals surface area contributed by atoms with Crippen LogP contribution in [0.1, 0.15) is 11.1 Å².